The number of hydrogen-bond donors (Lipinski definition) is 0. The molecule has 0 radical (unpaired) electrons. The molecule has 1 aliphatic heterocycles. The van der Waals surface area contributed by atoms with E-state index in [9.17, 15) is 0 Å². The van der Waals surface area contributed by atoms with E-state index in [0.29, 0.717) is 18.1 Å². The molecule has 6 nitrogen and oxygen atoms in total. The van der Waals surface area contributed by atoms with Gasteiger partial charge in [0.1, 0.15) is 6.10 Å². The highest BCUT2D eigenvalue weighted by Crippen LogP contribution is 2.36. The zero-order valence-electron chi connectivity index (χ0n) is 14.9. The summed E-state index contributed by atoms with van der Waals surface area (Å²) in [4.78, 5) is 2.30. The Morgan fingerprint density at radius 1 is 1.08 bits per heavy atom. The van der Waals surface area contributed by atoms with Gasteiger partial charge in [-0.2, -0.15) is 10.2 Å². The number of hydrogen-bond acceptors (Lipinski definition) is 6. The maximum atomic E-state index is 5.99. The van der Waals surface area contributed by atoms with Crippen LogP contribution in [0.4, 0.5) is 5.69 Å². The molecule has 1 aromatic heterocycles. The van der Waals surface area contributed by atoms with Crippen molar-refractivity contribution >= 4 is 16.6 Å². The molecule has 0 unspecified atom stereocenters. The smallest absolute Gasteiger partial charge is 0.162 e. The molecule has 6 heteroatoms. The van der Waals surface area contributed by atoms with Crippen LogP contribution in [0, 0.1) is 0 Å². The molecule has 3 aromatic rings. The summed E-state index contributed by atoms with van der Waals surface area (Å²) in [6, 6.07) is 14.1. The van der Waals surface area contributed by atoms with Crippen LogP contribution in [0.25, 0.3) is 10.9 Å². The average Bonchev–Trinajstić information content (AvgIpc) is 2.73. The van der Waals surface area contributed by atoms with E-state index in [1.165, 1.54) is 5.56 Å². The fourth-order valence-corrected chi connectivity index (χ4v) is 3.36. The van der Waals surface area contributed by atoms with Gasteiger partial charge in [0.05, 0.1) is 38.2 Å². The maximum Gasteiger partial charge on any atom is 0.162 e. The number of morpholine rings is 1. The van der Waals surface area contributed by atoms with Gasteiger partial charge in [0.25, 0.3) is 0 Å². The number of nitrogens with zero attached hydrogens (tertiary/aromatic N) is 3. The third-order valence-corrected chi connectivity index (χ3v) is 4.70. The number of aromatic nitrogens is 2. The van der Waals surface area contributed by atoms with Crippen LogP contribution in [-0.4, -0.2) is 44.1 Å². The fraction of sp³-hybridized carbons (Fsp3) is 0.300. The Kier molecular flexibility index (Phi) is 4.58. The summed E-state index contributed by atoms with van der Waals surface area (Å²) >= 11 is 0. The van der Waals surface area contributed by atoms with E-state index in [-0.39, 0.29) is 6.10 Å². The van der Waals surface area contributed by atoms with Gasteiger partial charge in [-0.15, -0.1) is 0 Å². The second-order valence-corrected chi connectivity index (χ2v) is 6.17. The van der Waals surface area contributed by atoms with Crippen LogP contribution in [-0.2, 0) is 4.74 Å². The number of rotatable bonds is 4. The van der Waals surface area contributed by atoms with Gasteiger partial charge in [0.15, 0.2) is 11.5 Å². The molecule has 0 saturated carbocycles. The molecule has 0 bridgehead atoms. The minimum absolute atomic E-state index is 0.0355. The van der Waals surface area contributed by atoms with Crippen LogP contribution in [0.1, 0.15) is 11.7 Å². The van der Waals surface area contributed by atoms with Gasteiger partial charge in [-0.05, 0) is 11.6 Å². The lowest BCUT2D eigenvalue weighted by atomic mass is 10.1. The summed E-state index contributed by atoms with van der Waals surface area (Å²) in [7, 11) is 3.26. The quantitative estimate of drug-likeness (QED) is 0.719. The van der Waals surface area contributed by atoms with Crippen molar-refractivity contribution in [2.45, 2.75) is 6.10 Å². The molecule has 0 amide bonds. The molecule has 2 heterocycles. The molecule has 4 rings (SSSR count). The maximum absolute atomic E-state index is 5.99. The molecule has 2 aromatic carbocycles. The fourth-order valence-electron chi connectivity index (χ4n) is 3.36. The third-order valence-electron chi connectivity index (χ3n) is 4.70. The van der Waals surface area contributed by atoms with Crippen molar-refractivity contribution in [3.8, 4) is 11.5 Å². The molecule has 1 saturated heterocycles. The van der Waals surface area contributed by atoms with Crippen molar-refractivity contribution in [1.82, 2.24) is 10.2 Å². The molecule has 0 N–H and O–H groups in total. The Morgan fingerprint density at radius 2 is 1.85 bits per heavy atom. The third kappa shape index (κ3) is 3.04. The molecule has 0 spiro atoms. The second kappa shape index (κ2) is 7.17. The van der Waals surface area contributed by atoms with E-state index >= 15 is 0 Å². The van der Waals surface area contributed by atoms with Gasteiger partial charge in [0, 0.05) is 24.5 Å². The zero-order valence-corrected chi connectivity index (χ0v) is 14.9. The molecule has 26 heavy (non-hydrogen) atoms. The highest BCUT2D eigenvalue weighted by molar-refractivity contribution is 5.93. The molecular weight excluding hydrogens is 330 g/mol. The van der Waals surface area contributed by atoms with E-state index in [1.807, 2.05) is 36.5 Å². The topological polar surface area (TPSA) is 56.7 Å². The van der Waals surface area contributed by atoms with E-state index in [4.69, 9.17) is 14.2 Å². The lowest BCUT2D eigenvalue weighted by molar-refractivity contribution is 0.0399. The largest absolute Gasteiger partial charge is 0.493 e. The summed E-state index contributed by atoms with van der Waals surface area (Å²) in [5, 5.41) is 9.43. The van der Waals surface area contributed by atoms with Crippen molar-refractivity contribution in [2.24, 2.45) is 0 Å². The summed E-state index contributed by atoms with van der Waals surface area (Å²) in [6.07, 6.45) is 1.84. The molecule has 0 aliphatic carbocycles. The van der Waals surface area contributed by atoms with Crippen LogP contribution in [0.15, 0.2) is 48.7 Å². The van der Waals surface area contributed by atoms with Crippen LogP contribution in [0.3, 0.4) is 0 Å². The van der Waals surface area contributed by atoms with Crippen molar-refractivity contribution in [3.05, 3.63) is 54.2 Å². The van der Waals surface area contributed by atoms with Crippen molar-refractivity contribution in [1.29, 1.82) is 0 Å². The first-order chi connectivity index (χ1) is 12.8. The first-order valence-corrected chi connectivity index (χ1v) is 8.59. The predicted molar refractivity (Wildman–Crippen MR) is 100.0 cm³/mol. The molecule has 1 fully saturated rings. The number of fused-ring (bicyclic) bond motifs is 1. The Hall–Kier alpha value is -2.86. The van der Waals surface area contributed by atoms with Crippen LogP contribution in [0.5, 0.6) is 11.5 Å². The van der Waals surface area contributed by atoms with E-state index in [0.717, 1.165) is 29.7 Å². The second-order valence-electron chi connectivity index (χ2n) is 6.17. The van der Waals surface area contributed by atoms with E-state index < -0.39 is 0 Å². The number of ether oxygens (including phenoxy) is 3. The van der Waals surface area contributed by atoms with Crippen LogP contribution >= 0.6 is 0 Å². The molecular formula is C20H21N3O3. The zero-order chi connectivity index (χ0) is 17.9. The lowest BCUT2D eigenvalue weighted by Crippen LogP contribution is -2.38. The highest BCUT2D eigenvalue weighted by atomic mass is 16.5. The Bertz CT molecular complexity index is 901. The average molecular weight is 351 g/mol. The van der Waals surface area contributed by atoms with Gasteiger partial charge < -0.3 is 19.1 Å². The van der Waals surface area contributed by atoms with E-state index in [1.54, 1.807) is 14.2 Å². The first kappa shape index (κ1) is 16.6. The number of benzene rings is 2. The van der Waals surface area contributed by atoms with Crippen molar-refractivity contribution in [2.75, 3.05) is 38.8 Å². The van der Waals surface area contributed by atoms with E-state index in [2.05, 4.69) is 27.2 Å². The number of anilines is 1. The van der Waals surface area contributed by atoms with Gasteiger partial charge in [0.2, 0.25) is 0 Å². The standard InChI is InChI=1S/C20H21N3O3/c1-24-18-10-15-16(11-19(18)25-2)22-21-12-17(15)23-8-9-26-20(13-23)14-6-4-3-5-7-14/h3-7,10-12,20H,8-9,13H2,1-2H3/t20-/m1/s1. The normalized spacial score (nSPS) is 17.3. The van der Waals surface area contributed by atoms with Crippen LogP contribution in [0.2, 0.25) is 0 Å². The Balaban J connectivity index is 1.71. The molecule has 1 aliphatic rings. The first-order valence-electron chi connectivity index (χ1n) is 8.59. The van der Waals surface area contributed by atoms with Gasteiger partial charge in [-0.3, -0.25) is 0 Å². The minimum Gasteiger partial charge on any atom is -0.493 e. The summed E-state index contributed by atoms with van der Waals surface area (Å²) in [5.74, 6) is 1.33. The molecule has 1 atom stereocenters. The van der Waals surface area contributed by atoms with Gasteiger partial charge in [-0.1, -0.05) is 30.3 Å². The monoisotopic (exact) mass is 351 g/mol. The summed E-state index contributed by atoms with van der Waals surface area (Å²) in [6.45, 7) is 2.23. The molecule has 134 valence electrons. The Labute approximate surface area is 152 Å². The van der Waals surface area contributed by atoms with Crippen molar-refractivity contribution in [3.63, 3.8) is 0 Å². The highest BCUT2D eigenvalue weighted by Gasteiger charge is 2.24. The van der Waals surface area contributed by atoms with Gasteiger partial charge >= 0.3 is 0 Å². The van der Waals surface area contributed by atoms with Crippen molar-refractivity contribution < 1.29 is 14.2 Å². The summed E-state index contributed by atoms with van der Waals surface area (Å²) < 4.78 is 16.8. The lowest BCUT2D eigenvalue weighted by Gasteiger charge is -2.35. The number of methoxy groups -OCH3 is 2. The predicted octanol–water partition coefficient (Wildman–Crippen LogP) is 3.22. The van der Waals surface area contributed by atoms with Crippen LogP contribution < -0.4 is 14.4 Å². The Morgan fingerprint density at radius 3 is 2.62 bits per heavy atom. The SMILES string of the molecule is COc1cc2nncc(N3CCO[C@@H](c4ccccc4)C3)c2cc1OC. The summed E-state index contributed by atoms with van der Waals surface area (Å²) in [5.41, 5.74) is 2.99. The van der Waals surface area contributed by atoms with Gasteiger partial charge in [-0.25, -0.2) is 0 Å². The minimum atomic E-state index is 0.0355.